The van der Waals surface area contributed by atoms with E-state index in [0.29, 0.717) is 24.0 Å². The molecule has 0 amide bonds. The number of Topliss-reactive ketones (excluding diaryl/α,β-unsaturated/α-hetero) is 1. The Bertz CT molecular complexity index is 410. The maximum atomic E-state index is 12.1. The van der Waals surface area contributed by atoms with Gasteiger partial charge in [-0.1, -0.05) is 30.3 Å². The van der Waals surface area contributed by atoms with Gasteiger partial charge in [0.25, 0.3) is 0 Å². The summed E-state index contributed by atoms with van der Waals surface area (Å²) in [7, 11) is 0. The van der Waals surface area contributed by atoms with Crippen LogP contribution in [0.1, 0.15) is 37.2 Å². The molecule has 3 unspecified atom stereocenters. The minimum atomic E-state index is 0.125. The van der Waals surface area contributed by atoms with Crippen LogP contribution >= 0.6 is 0 Å². The van der Waals surface area contributed by atoms with E-state index in [2.05, 4.69) is 12.1 Å². The van der Waals surface area contributed by atoms with Crippen LogP contribution in [0.15, 0.2) is 30.3 Å². The predicted octanol–water partition coefficient (Wildman–Crippen LogP) is 2.49. The average molecular weight is 229 g/mol. The molecule has 0 radical (unpaired) electrons. The second-order valence-corrected chi connectivity index (χ2v) is 5.53. The molecule has 2 aliphatic carbocycles. The summed E-state index contributed by atoms with van der Waals surface area (Å²) < 4.78 is 0. The van der Waals surface area contributed by atoms with Crippen molar-refractivity contribution in [3.8, 4) is 0 Å². The number of hydrogen-bond acceptors (Lipinski definition) is 2. The molecule has 2 nitrogen and oxygen atoms in total. The Kier molecular flexibility index (Phi) is 2.75. The second-order valence-electron chi connectivity index (χ2n) is 5.53. The third-order valence-corrected chi connectivity index (χ3v) is 4.10. The van der Waals surface area contributed by atoms with Gasteiger partial charge in [-0.3, -0.25) is 4.79 Å². The standard InChI is InChI=1S/C15H19NO/c16-14(11-6-7-11)9-15(17)13-8-12(13)10-4-2-1-3-5-10/h1-5,11-14H,6-9,16H2. The van der Waals surface area contributed by atoms with Crippen LogP contribution in [-0.4, -0.2) is 11.8 Å². The zero-order valence-electron chi connectivity index (χ0n) is 10.0. The number of nitrogens with two attached hydrogens (primary N) is 1. The Balaban J connectivity index is 1.55. The summed E-state index contributed by atoms with van der Waals surface area (Å²) in [6.45, 7) is 0. The van der Waals surface area contributed by atoms with Crippen LogP contribution in [-0.2, 0) is 4.79 Å². The molecule has 3 atom stereocenters. The van der Waals surface area contributed by atoms with Crippen molar-refractivity contribution >= 4 is 5.78 Å². The number of carbonyl (C=O) groups excluding carboxylic acids is 1. The first-order chi connectivity index (χ1) is 8.25. The zero-order chi connectivity index (χ0) is 11.8. The third kappa shape index (κ3) is 2.42. The maximum Gasteiger partial charge on any atom is 0.138 e. The van der Waals surface area contributed by atoms with Gasteiger partial charge in [-0.05, 0) is 36.7 Å². The molecule has 17 heavy (non-hydrogen) atoms. The van der Waals surface area contributed by atoms with E-state index >= 15 is 0 Å². The van der Waals surface area contributed by atoms with Gasteiger partial charge in [-0.15, -0.1) is 0 Å². The van der Waals surface area contributed by atoms with Gasteiger partial charge < -0.3 is 5.73 Å². The lowest BCUT2D eigenvalue weighted by Gasteiger charge is -2.08. The molecule has 0 spiro atoms. The molecule has 0 heterocycles. The Morgan fingerprint density at radius 1 is 1.29 bits per heavy atom. The van der Waals surface area contributed by atoms with Crippen molar-refractivity contribution in [2.45, 2.75) is 37.6 Å². The summed E-state index contributed by atoms with van der Waals surface area (Å²) in [4.78, 5) is 12.1. The Hall–Kier alpha value is -1.15. The molecule has 2 aliphatic rings. The Morgan fingerprint density at radius 3 is 2.65 bits per heavy atom. The van der Waals surface area contributed by atoms with Gasteiger partial charge in [0.1, 0.15) is 5.78 Å². The summed E-state index contributed by atoms with van der Waals surface area (Å²) in [6.07, 6.45) is 4.07. The highest BCUT2D eigenvalue weighted by Gasteiger charge is 2.44. The van der Waals surface area contributed by atoms with Crippen LogP contribution in [0, 0.1) is 11.8 Å². The number of ketones is 1. The van der Waals surface area contributed by atoms with Gasteiger partial charge in [0.2, 0.25) is 0 Å². The normalized spacial score (nSPS) is 28.8. The number of carbonyl (C=O) groups is 1. The quantitative estimate of drug-likeness (QED) is 0.843. The van der Waals surface area contributed by atoms with Crippen LogP contribution in [0.2, 0.25) is 0 Å². The van der Waals surface area contributed by atoms with Crippen molar-refractivity contribution in [3.63, 3.8) is 0 Å². The van der Waals surface area contributed by atoms with Crippen LogP contribution < -0.4 is 5.73 Å². The molecule has 90 valence electrons. The van der Waals surface area contributed by atoms with Crippen molar-refractivity contribution in [1.82, 2.24) is 0 Å². The second kappa shape index (κ2) is 4.26. The molecule has 2 N–H and O–H groups in total. The molecule has 0 saturated heterocycles. The van der Waals surface area contributed by atoms with E-state index in [4.69, 9.17) is 5.73 Å². The van der Waals surface area contributed by atoms with E-state index in [9.17, 15) is 4.79 Å². The fraction of sp³-hybridized carbons (Fsp3) is 0.533. The van der Waals surface area contributed by atoms with Crippen molar-refractivity contribution in [2.24, 2.45) is 17.6 Å². The lowest BCUT2D eigenvalue weighted by atomic mass is 10.0. The minimum absolute atomic E-state index is 0.125. The van der Waals surface area contributed by atoms with E-state index in [0.717, 1.165) is 6.42 Å². The highest BCUT2D eigenvalue weighted by atomic mass is 16.1. The Morgan fingerprint density at radius 2 is 2.00 bits per heavy atom. The summed E-state index contributed by atoms with van der Waals surface area (Å²) in [6, 6.07) is 10.5. The number of hydrogen-bond donors (Lipinski definition) is 1. The van der Waals surface area contributed by atoms with E-state index in [-0.39, 0.29) is 12.0 Å². The fourth-order valence-corrected chi connectivity index (χ4v) is 2.69. The van der Waals surface area contributed by atoms with Gasteiger partial charge >= 0.3 is 0 Å². The van der Waals surface area contributed by atoms with Crippen molar-refractivity contribution in [3.05, 3.63) is 35.9 Å². The summed E-state index contributed by atoms with van der Waals surface area (Å²) in [5.74, 6) is 1.74. The van der Waals surface area contributed by atoms with E-state index in [1.165, 1.54) is 18.4 Å². The highest BCUT2D eigenvalue weighted by Crippen LogP contribution is 2.49. The van der Waals surface area contributed by atoms with Crippen LogP contribution in [0.3, 0.4) is 0 Å². The molecule has 1 aromatic rings. The van der Waals surface area contributed by atoms with Crippen molar-refractivity contribution < 1.29 is 4.79 Å². The smallest absolute Gasteiger partial charge is 0.138 e. The molecule has 3 rings (SSSR count). The molecule has 1 aromatic carbocycles. The molecule has 0 bridgehead atoms. The summed E-state index contributed by atoms with van der Waals surface area (Å²) in [5.41, 5.74) is 7.32. The fourth-order valence-electron chi connectivity index (χ4n) is 2.69. The lowest BCUT2D eigenvalue weighted by Crippen LogP contribution is -2.26. The largest absolute Gasteiger partial charge is 0.327 e. The van der Waals surface area contributed by atoms with E-state index in [1.54, 1.807) is 0 Å². The monoisotopic (exact) mass is 229 g/mol. The first kappa shape index (κ1) is 11.0. The third-order valence-electron chi connectivity index (χ3n) is 4.10. The summed E-state index contributed by atoms with van der Waals surface area (Å²) >= 11 is 0. The van der Waals surface area contributed by atoms with Crippen LogP contribution in [0.4, 0.5) is 0 Å². The first-order valence-electron chi connectivity index (χ1n) is 6.59. The van der Waals surface area contributed by atoms with Gasteiger partial charge in [-0.25, -0.2) is 0 Å². The van der Waals surface area contributed by atoms with Gasteiger partial charge in [0.15, 0.2) is 0 Å². The highest BCUT2D eigenvalue weighted by molar-refractivity contribution is 5.85. The predicted molar refractivity (Wildman–Crippen MR) is 67.6 cm³/mol. The molecule has 0 aromatic heterocycles. The number of benzene rings is 1. The molecule has 2 saturated carbocycles. The van der Waals surface area contributed by atoms with E-state index < -0.39 is 0 Å². The van der Waals surface area contributed by atoms with Crippen molar-refractivity contribution in [2.75, 3.05) is 0 Å². The minimum Gasteiger partial charge on any atom is -0.327 e. The van der Waals surface area contributed by atoms with Crippen LogP contribution in [0.25, 0.3) is 0 Å². The molecular weight excluding hydrogens is 210 g/mol. The molecule has 2 heteroatoms. The summed E-state index contributed by atoms with van der Waals surface area (Å²) in [5, 5.41) is 0. The molecule has 0 aliphatic heterocycles. The Labute approximate surface area is 102 Å². The lowest BCUT2D eigenvalue weighted by molar-refractivity contribution is -0.120. The van der Waals surface area contributed by atoms with Gasteiger partial charge in [0.05, 0.1) is 0 Å². The zero-order valence-corrected chi connectivity index (χ0v) is 10.0. The van der Waals surface area contributed by atoms with Gasteiger partial charge in [0, 0.05) is 18.4 Å². The maximum absolute atomic E-state index is 12.1. The average Bonchev–Trinajstić information content (AvgIpc) is 3.20. The topological polar surface area (TPSA) is 43.1 Å². The molecular formula is C15H19NO. The van der Waals surface area contributed by atoms with Crippen molar-refractivity contribution in [1.29, 1.82) is 0 Å². The SMILES string of the molecule is NC(CC(=O)C1CC1c1ccccc1)C1CC1. The van der Waals surface area contributed by atoms with Gasteiger partial charge in [-0.2, -0.15) is 0 Å². The molecule has 2 fully saturated rings. The van der Waals surface area contributed by atoms with E-state index in [1.807, 2.05) is 18.2 Å². The first-order valence-corrected chi connectivity index (χ1v) is 6.59. The van der Waals surface area contributed by atoms with Crippen LogP contribution in [0.5, 0.6) is 0 Å². The number of rotatable bonds is 5.